The fraction of sp³-hybridized carbons (Fsp3) is 0.318. The average molecular weight is 377 g/mol. The first kappa shape index (κ1) is 18.2. The van der Waals surface area contributed by atoms with Crippen molar-refractivity contribution in [2.75, 3.05) is 13.2 Å². The molecule has 0 N–H and O–H groups in total. The van der Waals surface area contributed by atoms with Crippen LogP contribution in [-0.2, 0) is 11.3 Å². The summed E-state index contributed by atoms with van der Waals surface area (Å²) in [5.74, 6) is 1.93. The summed E-state index contributed by atoms with van der Waals surface area (Å²) < 4.78 is 11.1. The number of nitrogens with zero attached hydrogens (tertiary/aromatic N) is 3. The lowest BCUT2D eigenvalue weighted by molar-refractivity contribution is -0.128. The Morgan fingerprint density at radius 3 is 2.68 bits per heavy atom. The van der Waals surface area contributed by atoms with Gasteiger partial charge in [-0.3, -0.25) is 4.79 Å². The molecule has 1 aromatic heterocycles. The molecule has 2 aromatic carbocycles. The van der Waals surface area contributed by atoms with Gasteiger partial charge in [-0.1, -0.05) is 42.4 Å². The second-order valence-electron chi connectivity index (χ2n) is 6.99. The van der Waals surface area contributed by atoms with Crippen LogP contribution < -0.4 is 4.74 Å². The maximum Gasteiger partial charge on any atom is 0.232 e. The van der Waals surface area contributed by atoms with E-state index in [2.05, 4.69) is 17.1 Å². The van der Waals surface area contributed by atoms with Crippen LogP contribution in [0.15, 0.2) is 59.1 Å². The Kier molecular flexibility index (Phi) is 5.37. The zero-order valence-corrected chi connectivity index (χ0v) is 15.9. The molecular formula is C22H23N3O3. The standard InChI is InChI=1S/C22H23N3O3/c1-2-12-27-19-10-8-17(9-11-19)21-23-22(28-24-21)18-13-20(26)25(15-18)14-16-6-4-3-5-7-16/h3-11,18H,2,12-15H2,1H3. The lowest BCUT2D eigenvalue weighted by atomic mass is 10.1. The maximum absolute atomic E-state index is 12.4. The van der Waals surface area contributed by atoms with E-state index in [0.29, 0.717) is 37.8 Å². The van der Waals surface area contributed by atoms with Gasteiger partial charge in [0, 0.05) is 25.1 Å². The van der Waals surface area contributed by atoms with E-state index >= 15 is 0 Å². The quantitative estimate of drug-likeness (QED) is 0.621. The topological polar surface area (TPSA) is 68.5 Å². The molecule has 144 valence electrons. The van der Waals surface area contributed by atoms with Crippen molar-refractivity contribution >= 4 is 5.91 Å². The molecule has 6 heteroatoms. The van der Waals surface area contributed by atoms with Crippen molar-refractivity contribution in [2.24, 2.45) is 0 Å². The Bertz CT molecular complexity index is 922. The summed E-state index contributed by atoms with van der Waals surface area (Å²) in [5, 5.41) is 4.10. The van der Waals surface area contributed by atoms with E-state index in [4.69, 9.17) is 9.26 Å². The second kappa shape index (κ2) is 8.25. The van der Waals surface area contributed by atoms with Crippen molar-refractivity contribution in [3.8, 4) is 17.1 Å². The number of rotatable bonds is 7. The second-order valence-corrected chi connectivity index (χ2v) is 6.99. The number of aromatic nitrogens is 2. The third-order valence-corrected chi connectivity index (χ3v) is 4.81. The van der Waals surface area contributed by atoms with Gasteiger partial charge in [-0.25, -0.2) is 0 Å². The van der Waals surface area contributed by atoms with Crippen LogP contribution in [0.1, 0.15) is 37.1 Å². The van der Waals surface area contributed by atoms with Crippen LogP contribution in [0.25, 0.3) is 11.4 Å². The largest absolute Gasteiger partial charge is 0.494 e. The molecule has 3 aromatic rings. The van der Waals surface area contributed by atoms with Crippen molar-refractivity contribution in [1.29, 1.82) is 0 Å². The van der Waals surface area contributed by atoms with E-state index in [1.54, 1.807) is 0 Å². The summed E-state index contributed by atoms with van der Waals surface area (Å²) in [6, 6.07) is 17.6. The molecule has 0 saturated carbocycles. The molecule has 0 spiro atoms. The molecule has 1 aliphatic heterocycles. The van der Waals surface area contributed by atoms with Gasteiger partial charge in [-0.05, 0) is 36.2 Å². The summed E-state index contributed by atoms with van der Waals surface area (Å²) in [4.78, 5) is 18.8. The number of hydrogen-bond donors (Lipinski definition) is 0. The highest BCUT2D eigenvalue weighted by molar-refractivity contribution is 5.79. The van der Waals surface area contributed by atoms with Gasteiger partial charge in [0.15, 0.2) is 0 Å². The van der Waals surface area contributed by atoms with E-state index in [-0.39, 0.29) is 11.8 Å². The molecule has 28 heavy (non-hydrogen) atoms. The van der Waals surface area contributed by atoms with Gasteiger partial charge in [-0.2, -0.15) is 4.98 Å². The number of amides is 1. The number of likely N-dealkylation sites (tertiary alicyclic amines) is 1. The molecule has 1 aliphatic rings. The van der Waals surface area contributed by atoms with Crippen LogP contribution in [-0.4, -0.2) is 34.1 Å². The minimum atomic E-state index is -0.0652. The molecule has 1 unspecified atom stereocenters. The smallest absolute Gasteiger partial charge is 0.232 e. The minimum Gasteiger partial charge on any atom is -0.494 e. The maximum atomic E-state index is 12.4. The third-order valence-electron chi connectivity index (χ3n) is 4.81. The Morgan fingerprint density at radius 1 is 1.14 bits per heavy atom. The van der Waals surface area contributed by atoms with Gasteiger partial charge in [0.05, 0.1) is 12.5 Å². The molecule has 1 atom stereocenters. The van der Waals surface area contributed by atoms with Crippen molar-refractivity contribution in [2.45, 2.75) is 32.2 Å². The van der Waals surface area contributed by atoms with E-state index in [1.165, 1.54) is 0 Å². The van der Waals surface area contributed by atoms with Crippen molar-refractivity contribution in [3.63, 3.8) is 0 Å². The summed E-state index contributed by atoms with van der Waals surface area (Å²) in [7, 11) is 0. The third kappa shape index (κ3) is 4.06. The summed E-state index contributed by atoms with van der Waals surface area (Å²) in [6.07, 6.45) is 1.37. The number of carbonyl (C=O) groups excluding carboxylic acids is 1. The zero-order chi connectivity index (χ0) is 19.3. The van der Waals surface area contributed by atoms with Crippen LogP contribution >= 0.6 is 0 Å². The number of hydrogen-bond acceptors (Lipinski definition) is 5. The minimum absolute atomic E-state index is 0.0652. The monoisotopic (exact) mass is 377 g/mol. The first-order valence-corrected chi connectivity index (χ1v) is 9.61. The first-order valence-electron chi connectivity index (χ1n) is 9.61. The summed E-state index contributed by atoms with van der Waals surface area (Å²) in [5.41, 5.74) is 1.98. The van der Waals surface area contributed by atoms with Crippen LogP contribution in [0.4, 0.5) is 0 Å². The molecule has 2 heterocycles. The van der Waals surface area contributed by atoms with Gasteiger partial charge in [0.25, 0.3) is 0 Å². The molecule has 0 radical (unpaired) electrons. The van der Waals surface area contributed by atoms with E-state index in [1.807, 2.05) is 59.5 Å². The molecule has 0 bridgehead atoms. The van der Waals surface area contributed by atoms with Gasteiger partial charge in [-0.15, -0.1) is 0 Å². The molecular weight excluding hydrogens is 354 g/mol. The summed E-state index contributed by atoms with van der Waals surface area (Å²) >= 11 is 0. The SMILES string of the molecule is CCCOc1ccc(-c2noc(C3CC(=O)N(Cc4ccccc4)C3)n2)cc1. The van der Waals surface area contributed by atoms with E-state index in [9.17, 15) is 4.79 Å². The zero-order valence-electron chi connectivity index (χ0n) is 15.9. The predicted octanol–water partition coefficient (Wildman–Crippen LogP) is 4.04. The first-order chi connectivity index (χ1) is 13.7. The highest BCUT2D eigenvalue weighted by Gasteiger charge is 2.34. The Labute approximate surface area is 164 Å². The molecule has 1 amide bonds. The van der Waals surface area contributed by atoms with E-state index in [0.717, 1.165) is 23.3 Å². The van der Waals surface area contributed by atoms with Gasteiger partial charge >= 0.3 is 0 Å². The fourth-order valence-electron chi connectivity index (χ4n) is 3.33. The Balaban J connectivity index is 1.42. The van der Waals surface area contributed by atoms with Gasteiger partial charge in [0.1, 0.15) is 5.75 Å². The van der Waals surface area contributed by atoms with Gasteiger partial charge < -0.3 is 14.2 Å². The fourth-order valence-corrected chi connectivity index (χ4v) is 3.33. The molecule has 1 saturated heterocycles. The lowest BCUT2D eigenvalue weighted by Gasteiger charge is -2.15. The molecule has 1 fully saturated rings. The molecule has 0 aliphatic carbocycles. The average Bonchev–Trinajstić information content (AvgIpc) is 3.35. The number of carbonyl (C=O) groups is 1. The van der Waals surface area contributed by atoms with Crippen LogP contribution in [0.5, 0.6) is 5.75 Å². The molecule has 6 nitrogen and oxygen atoms in total. The van der Waals surface area contributed by atoms with Crippen molar-refractivity contribution in [3.05, 3.63) is 66.1 Å². The normalized spacial score (nSPS) is 16.5. The Morgan fingerprint density at radius 2 is 1.93 bits per heavy atom. The van der Waals surface area contributed by atoms with Crippen LogP contribution in [0.3, 0.4) is 0 Å². The van der Waals surface area contributed by atoms with Crippen LogP contribution in [0, 0.1) is 0 Å². The lowest BCUT2D eigenvalue weighted by Crippen LogP contribution is -2.24. The highest BCUT2D eigenvalue weighted by atomic mass is 16.5. The molecule has 4 rings (SSSR count). The summed E-state index contributed by atoms with van der Waals surface area (Å²) in [6.45, 7) is 3.97. The van der Waals surface area contributed by atoms with E-state index < -0.39 is 0 Å². The highest BCUT2D eigenvalue weighted by Crippen LogP contribution is 2.30. The van der Waals surface area contributed by atoms with Crippen LogP contribution in [0.2, 0.25) is 0 Å². The number of ether oxygens (including phenoxy) is 1. The van der Waals surface area contributed by atoms with Gasteiger partial charge in [0.2, 0.25) is 17.6 Å². The van der Waals surface area contributed by atoms with Crippen molar-refractivity contribution < 1.29 is 14.1 Å². The predicted molar refractivity (Wildman–Crippen MR) is 105 cm³/mol. The van der Waals surface area contributed by atoms with Crippen molar-refractivity contribution in [1.82, 2.24) is 15.0 Å². The Hall–Kier alpha value is -3.15. The number of benzene rings is 2.